The first-order valence-electron chi connectivity index (χ1n) is 6.53. The minimum Gasteiger partial charge on any atom is -0.392 e. The van der Waals surface area contributed by atoms with Crippen LogP contribution in [-0.2, 0) is 4.74 Å². The molecule has 2 atom stereocenters. The van der Waals surface area contributed by atoms with Crippen molar-refractivity contribution in [3.05, 3.63) is 0 Å². The highest BCUT2D eigenvalue weighted by molar-refractivity contribution is 7.80. The molecule has 4 nitrogen and oxygen atoms in total. The minimum atomic E-state index is 0.231. The second-order valence-electron chi connectivity index (χ2n) is 5.02. The summed E-state index contributed by atoms with van der Waals surface area (Å²) in [6.07, 6.45) is 2.49. The van der Waals surface area contributed by atoms with Crippen molar-refractivity contribution < 1.29 is 4.74 Å². The SMILES string of the molecule is CC(C(N)=S)N1CCN(C2CCCOC2)CC1. The lowest BCUT2D eigenvalue weighted by Gasteiger charge is -2.42. The number of nitrogens with two attached hydrogens (primary N) is 1. The van der Waals surface area contributed by atoms with Gasteiger partial charge in [0.15, 0.2) is 0 Å². The third-order valence-corrected chi connectivity index (χ3v) is 4.30. The molecule has 2 heterocycles. The molecule has 17 heavy (non-hydrogen) atoms. The number of hydrogen-bond donors (Lipinski definition) is 1. The van der Waals surface area contributed by atoms with Crippen LogP contribution in [0.15, 0.2) is 0 Å². The Morgan fingerprint density at radius 3 is 2.59 bits per heavy atom. The molecule has 0 aliphatic carbocycles. The number of thiocarbonyl (C=S) groups is 1. The van der Waals surface area contributed by atoms with Gasteiger partial charge in [-0.15, -0.1) is 0 Å². The maximum absolute atomic E-state index is 5.70. The maximum atomic E-state index is 5.70. The Labute approximate surface area is 109 Å². The Morgan fingerprint density at radius 1 is 1.35 bits per heavy atom. The molecule has 0 aromatic rings. The van der Waals surface area contributed by atoms with E-state index in [4.69, 9.17) is 22.7 Å². The largest absolute Gasteiger partial charge is 0.392 e. The van der Waals surface area contributed by atoms with Gasteiger partial charge in [0.2, 0.25) is 0 Å². The van der Waals surface area contributed by atoms with Gasteiger partial charge in [0.1, 0.15) is 0 Å². The molecule has 0 amide bonds. The third kappa shape index (κ3) is 3.37. The van der Waals surface area contributed by atoms with Gasteiger partial charge in [0.25, 0.3) is 0 Å². The smallest absolute Gasteiger partial charge is 0.0899 e. The lowest BCUT2D eigenvalue weighted by atomic mass is 10.1. The molecule has 0 radical (unpaired) electrons. The van der Waals surface area contributed by atoms with Crippen LogP contribution < -0.4 is 5.73 Å². The summed E-state index contributed by atoms with van der Waals surface area (Å²) in [6.45, 7) is 8.30. The summed E-state index contributed by atoms with van der Waals surface area (Å²) in [6, 6.07) is 0.862. The normalized spacial score (nSPS) is 30.1. The van der Waals surface area contributed by atoms with Gasteiger partial charge in [-0.3, -0.25) is 9.80 Å². The second kappa shape index (κ2) is 6.09. The van der Waals surface area contributed by atoms with Crippen molar-refractivity contribution >= 4 is 17.2 Å². The molecule has 0 aromatic heterocycles. The Morgan fingerprint density at radius 2 is 2.06 bits per heavy atom. The van der Waals surface area contributed by atoms with E-state index in [2.05, 4.69) is 16.7 Å². The van der Waals surface area contributed by atoms with E-state index < -0.39 is 0 Å². The fourth-order valence-electron chi connectivity index (χ4n) is 2.68. The highest BCUT2D eigenvalue weighted by atomic mass is 32.1. The van der Waals surface area contributed by atoms with E-state index in [-0.39, 0.29) is 6.04 Å². The van der Waals surface area contributed by atoms with Crippen LogP contribution in [0.1, 0.15) is 19.8 Å². The molecule has 2 unspecified atom stereocenters. The fraction of sp³-hybridized carbons (Fsp3) is 0.917. The molecule has 2 aliphatic heterocycles. The monoisotopic (exact) mass is 257 g/mol. The zero-order chi connectivity index (χ0) is 12.3. The standard InChI is InChI=1S/C12H23N3OS/c1-10(12(13)17)14-4-6-15(7-5-14)11-3-2-8-16-9-11/h10-11H,2-9H2,1H3,(H2,13,17). The third-order valence-electron chi connectivity index (χ3n) is 3.96. The molecule has 5 heteroatoms. The van der Waals surface area contributed by atoms with Crippen molar-refractivity contribution in [2.45, 2.75) is 31.8 Å². The average molecular weight is 257 g/mol. The molecule has 2 fully saturated rings. The van der Waals surface area contributed by atoms with E-state index in [9.17, 15) is 0 Å². The van der Waals surface area contributed by atoms with Crippen LogP contribution in [0, 0.1) is 0 Å². The van der Waals surface area contributed by atoms with Gasteiger partial charge in [-0.2, -0.15) is 0 Å². The molecule has 2 rings (SSSR count). The fourth-order valence-corrected chi connectivity index (χ4v) is 2.83. The van der Waals surface area contributed by atoms with E-state index in [0.717, 1.165) is 39.4 Å². The number of ether oxygens (including phenoxy) is 1. The summed E-state index contributed by atoms with van der Waals surface area (Å²) in [7, 11) is 0. The van der Waals surface area contributed by atoms with Crippen LogP contribution in [0.4, 0.5) is 0 Å². The first kappa shape index (κ1) is 13.2. The van der Waals surface area contributed by atoms with E-state index in [0.29, 0.717) is 11.0 Å². The van der Waals surface area contributed by atoms with E-state index >= 15 is 0 Å². The molecular weight excluding hydrogens is 234 g/mol. The highest BCUT2D eigenvalue weighted by Crippen LogP contribution is 2.16. The quantitative estimate of drug-likeness (QED) is 0.744. The first-order valence-corrected chi connectivity index (χ1v) is 6.94. The minimum absolute atomic E-state index is 0.231. The van der Waals surface area contributed by atoms with Gasteiger partial charge in [-0.1, -0.05) is 12.2 Å². The molecule has 0 bridgehead atoms. The molecule has 98 valence electrons. The number of nitrogens with zero attached hydrogens (tertiary/aromatic N) is 2. The molecule has 2 aliphatic rings. The van der Waals surface area contributed by atoms with E-state index in [1.165, 1.54) is 12.8 Å². The number of piperazine rings is 1. The van der Waals surface area contributed by atoms with Crippen molar-refractivity contribution in [2.24, 2.45) is 5.73 Å². The molecule has 2 N–H and O–H groups in total. The summed E-state index contributed by atoms with van der Waals surface area (Å²) >= 11 is 5.06. The van der Waals surface area contributed by atoms with Gasteiger partial charge < -0.3 is 10.5 Å². The molecule has 2 saturated heterocycles. The van der Waals surface area contributed by atoms with Gasteiger partial charge >= 0.3 is 0 Å². The van der Waals surface area contributed by atoms with E-state index in [1.54, 1.807) is 0 Å². The van der Waals surface area contributed by atoms with Crippen LogP contribution in [-0.4, -0.2) is 66.3 Å². The predicted octanol–water partition coefficient (Wildman–Crippen LogP) is 0.458. The van der Waals surface area contributed by atoms with Crippen LogP contribution in [0.25, 0.3) is 0 Å². The summed E-state index contributed by atoms with van der Waals surface area (Å²) in [5.41, 5.74) is 5.70. The van der Waals surface area contributed by atoms with Crippen molar-refractivity contribution in [1.82, 2.24) is 9.80 Å². The molecule has 0 aromatic carbocycles. The van der Waals surface area contributed by atoms with Crippen molar-refractivity contribution in [3.8, 4) is 0 Å². The van der Waals surface area contributed by atoms with Crippen LogP contribution in [0.3, 0.4) is 0 Å². The summed E-state index contributed by atoms with van der Waals surface area (Å²) < 4.78 is 5.55. The maximum Gasteiger partial charge on any atom is 0.0899 e. The van der Waals surface area contributed by atoms with Gasteiger partial charge in [-0.05, 0) is 19.8 Å². The average Bonchev–Trinajstić information content (AvgIpc) is 2.39. The zero-order valence-corrected chi connectivity index (χ0v) is 11.4. The van der Waals surface area contributed by atoms with Gasteiger partial charge in [0, 0.05) is 38.8 Å². The molecule has 0 saturated carbocycles. The van der Waals surface area contributed by atoms with Gasteiger partial charge in [-0.25, -0.2) is 0 Å². The Bertz CT molecular complexity index is 260. The zero-order valence-electron chi connectivity index (χ0n) is 10.6. The van der Waals surface area contributed by atoms with Crippen LogP contribution in [0.2, 0.25) is 0 Å². The van der Waals surface area contributed by atoms with Crippen LogP contribution >= 0.6 is 12.2 Å². The number of hydrogen-bond acceptors (Lipinski definition) is 4. The second-order valence-corrected chi connectivity index (χ2v) is 5.49. The Balaban J connectivity index is 1.79. The number of rotatable bonds is 3. The van der Waals surface area contributed by atoms with Crippen molar-refractivity contribution in [2.75, 3.05) is 39.4 Å². The Kier molecular flexibility index (Phi) is 4.73. The van der Waals surface area contributed by atoms with Crippen molar-refractivity contribution in [1.29, 1.82) is 0 Å². The molecule has 0 spiro atoms. The van der Waals surface area contributed by atoms with Crippen LogP contribution in [0.5, 0.6) is 0 Å². The Hall–Kier alpha value is -0.230. The van der Waals surface area contributed by atoms with Gasteiger partial charge in [0.05, 0.1) is 17.6 Å². The first-order chi connectivity index (χ1) is 8.18. The topological polar surface area (TPSA) is 41.7 Å². The summed E-state index contributed by atoms with van der Waals surface area (Å²) in [5, 5.41) is 0. The predicted molar refractivity (Wildman–Crippen MR) is 73.2 cm³/mol. The summed E-state index contributed by atoms with van der Waals surface area (Å²) in [5.74, 6) is 0. The highest BCUT2D eigenvalue weighted by Gasteiger charge is 2.27. The lowest BCUT2D eigenvalue weighted by Crippen LogP contribution is -2.56. The van der Waals surface area contributed by atoms with E-state index in [1.807, 2.05) is 0 Å². The lowest BCUT2D eigenvalue weighted by molar-refractivity contribution is -0.00324. The van der Waals surface area contributed by atoms with Crippen molar-refractivity contribution in [3.63, 3.8) is 0 Å². The summed E-state index contributed by atoms with van der Waals surface area (Å²) in [4.78, 5) is 5.55. The molecular formula is C12H23N3OS.